The molecule has 0 aromatic heterocycles. The Kier molecular flexibility index (Phi) is 3.79. The summed E-state index contributed by atoms with van der Waals surface area (Å²) in [5.74, 6) is 0.920. The van der Waals surface area contributed by atoms with Gasteiger partial charge in [0.25, 0.3) is 0 Å². The molecule has 1 atom stereocenters. The molecule has 1 aliphatic carbocycles. The SMILES string of the molecule is C=CCN(Cc1ccccc1)C(C)C1CC1. The Bertz CT molecular complexity index is 327. The second-order valence-corrected chi connectivity index (χ2v) is 4.78. The monoisotopic (exact) mass is 215 g/mol. The molecule has 0 spiro atoms. The van der Waals surface area contributed by atoms with Gasteiger partial charge in [0.2, 0.25) is 0 Å². The largest absolute Gasteiger partial charge is 0.292 e. The average Bonchev–Trinajstić information content (AvgIpc) is 3.13. The molecule has 0 heterocycles. The van der Waals surface area contributed by atoms with Gasteiger partial charge in [-0.1, -0.05) is 36.4 Å². The van der Waals surface area contributed by atoms with Gasteiger partial charge in [-0.2, -0.15) is 0 Å². The maximum Gasteiger partial charge on any atom is 0.0239 e. The molecule has 1 aromatic carbocycles. The van der Waals surface area contributed by atoms with Crippen LogP contribution in [0.15, 0.2) is 43.0 Å². The van der Waals surface area contributed by atoms with Crippen LogP contribution in [-0.4, -0.2) is 17.5 Å². The van der Waals surface area contributed by atoms with E-state index < -0.39 is 0 Å². The molecule has 16 heavy (non-hydrogen) atoms. The molecule has 0 aliphatic heterocycles. The summed E-state index contributed by atoms with van der Waals surface area (Å²) < 4.78 is 0. The van der Waals surface area contributed by atoms with Gasteiger partial charge in [0.15, 0.2) is 0 Å². The molecule has 0 N–H and O–H groups in total. The quantitative estimate of drug-likeness (QED) is 0.657. The zero-order chi connectivity index (χ0) is 11.4. The highest BCUT2D eigenvalue weighted by Gasteiger charge is 2.31. The van der Waals surface area contributed by atoms with Gasteiger partial charge in [0, 0.05) is 19.1 Å². The van der Waals surface area contributed by atoms with E-state index in [2.05, 4.69) is 48.7 Å². The van der Waals surface area contributed by atoms with Crippen molar-refractivity contribution in [2.45, 2.75) is 32.4 Å². The van der Waals surface area contributed by atoms with Gasteiger partial charge in [-0.05, 0) is 31.2 Å². The molecular weight excluding hydrogens is 194 g/mol. The predicted octanol–water partition coefficient (Wildman–Crippen LogP) is 3.47. The van der Waals surface area contributed by atoms with Crippen LogP contribution in [0, 0.1) is 5.92 Å². The Morgan fingerprint density at radius 1 is 1.38 bits per heavy atom. The lowest BCUT2D eigenvalue weighted by molar-refractivity contribution is 0.202. The molecule has 0 radical (unpaired) electrons. The Morgan fingerprint density at radius 3 is 2.62 bits per heavy atom. The molecule has 1 saturated carbocycles. The van der Waals surface area contributed by atoms with E-state index in [-0.39, 0.29) is 0 Å². The fourth-order valence-corrected chi connectivity index (χ4v) is 2.24. The number of rotatable bonds is 6. The molecule has 1 heteroatoms. The lowest BCUT2D eigenvalue weighted by Gasteiger charge is -2.28. The molecule has 86 valence electrons. The van der Waals surface area contributed by atoms with Crippen LogP contribution in [0.25, 0.3) is 0 Å². The number of hydrogen-bond acceptors (Lipinski definition) is 1. The molecule has 0 amide bonds. The third kappa shape index (κ3) is 2.96. The molecule has 1 fully saturated rings. The van der Waals surface area contributed by atoms with Gasteiger partial charge < -0.3 is 0 Å². The lowest BCUT2D eigenvalue weighted by Crippen LogP contribution is -2.34. The first kappa shape index (κ1) is 11.4. The van der Waals surface area contributed by atoms with Crippen molar-refractivity contribution in [3.63, 3.8) is 0 Å². The summed E-state index contributed by atoms with van der Waals surface area (Å²) in [6.07, 6.45) is 4.83. The fraction of sp³-hybridized carbons (Fsp3) is 0.467. The molecule has 2 rings (SSSR count). The van der Waals surface area contributed by atoms with Crippen LogP contribution >= 0.6 is 0 Å². The van der Waals surface area contributed by atoms with Gasteiger partial charge in [-0.25, -0.2) is 0 Å². The zero-order valence-electron chi connectivity index (χ0n) is 10.1. The van der Waals surface area contributed by atoms with Crippen molar-refractivity contribution in [2.24, 2.45) is 5.92 Å². The van der Waals surface area contributed by atoms with Crippen molar-refractivity contribution < 1.29 is 0 Å². The summed E-state index contributed by atoms with van der Waals surface area (Å²) in [6.45, 7) is 8.25. The normalized spacial score (nSPS) is 17.4. The molecule has 1 aromatic rings. The molecule has 0 bridgehead atoms. The second-order valence-electron chi connectivity index (χ2n) is 4.78. The second kappa shape index (κ2) is 5.31. The summed E-state index contributed by atoms with van der Waals surface area (Å²) in [7, 11) is 0. The first-order valence-corrected chi connectivity index (χ1v) is 6.20. The van der Waals surface area contributed by atoms with Crippen LogP contribution in [0.3, 0.4) is 0 Å². The van der Waals surface area contributed by atoms with Crippen molar-refractivity contribution >= 4 is 0 Å². The Hall–Kier alpha value is -1.08. The smallest absolute Gasteiger partial charge is 0.0239 e. The van der Waals surface area contributed by atoms with E-state index in [1.807, 2.05) is 6.08 Å². The van der Waals surface area contributed by atoms with E-state index >= 15 is 0 Å². The molecule has 1 aliphatic rings. The van der Waals surface area contributed by atoms with E-state index in [0.29, 0.717) is 6.04 Å². The highest BCUT2D eigenvalue weighted by molar-refractivity contribution is 5.14. The van der Waals surface area contributed by atoms with E-state index in [1.54, 1.807) is 0 Å². The van der Waals surface area contributed by atoms with E-state index in [9.17, 15) is 0 Å². The van der Waals surface area contributed by atoms with Crippen molar-refractivity contribution in [1.82, 2.24) is 4.90 Å². The van der Waals surface area contributed by atoms with Crippen LogP contribution in [0.1, 0.15) is 25.3 Å². The zero-order valence-corrected chi connectivity index (χ0v) is 10.1. The van der Waals surface area contributed by atoms with E-state index in [1.165, 1.54) is 18.4 Å². The van der Waals surface area contributed by atoms with Crippen LogP contribution in [0.2, 0.25) is 0 Å². The molecule has 1 unspecified atom stereocenters. The third-order valence-corrected chi connectivity index (χ3v) is 3.47. The van der Waals surface area contributed by atoms with Gasteiger partial charge in [-0.3, -0.25) is 4.90 Å². The average molecular weight is 215 g/mol. The first-order valence-electron chi connectivity index (χ1n) is 6.20. The third-order valence-electron chi connectivity index (χ3n) is 3.47. The van der Waals surface area contributed by atoms with Gasteiger partial charge in [0.05, 0.1) is 0 Å². The minimum absolute atomic E-state index is 0.693. The number of nitrogens with zero attached hydrogens (tertiary/aromatic N) is 1. The van der Waals surface area contributed by atoms with Crippen molar-refractivity contribution in [3.05, 3.63) is 48.6 Å². The minimum atomic E-state index is 0.693. The first-order chi connectivity index (χ1) is 7.81. The van der Waals surface area contributed by atoms with Gasteiger partial charge in [-0.15, -0.1) is 6.58 Å². The summed E-state index contributed by atoms with van der Waals surface area (Å²) >= 11 is 0. The molecule has 0 saturated heterocycles. The topological polar surface area (TPSA) is 3.24 Å². The van der Waals surface area contributed by atoms with E-state index in [4.69, 9.17) is 0 Å². The highest BCUT2D eigenvalue weighted by atomic mass is 15.2. The van der Waals surface area contributed by atoms with Crippen LogP contribution in [-0.2, 0) is 6.54 Å². The molecule has 1 nitrogen and oxygen atoms in total. The van der Waals surface area contributed by atoms with Crippen LogP contribution in [0.5, 0.6) is 0 Å². The standard InChI is InChI=1S/C15H21N/c1-3-11-16(13(2)15-9-10-15)12-14-7-5-4-6-8-14/h3-8,13,15H,1,9-12H2,2H3. The summed E-state index contributed by atoms with van der Waals surface area (Å²) in [6, 6.07) is 11.4. The summed E-state index contributed by atoms with van der Waals surface area (Å²) in [5.41, 5.74) is 1.40. The summed E-state index contributed by atoms with van der Waals surface area (Å²) in [5, 5.41) is 0. The Morgan fingerprint density at radius 2 is 2.06 bits per heavy atom. The van der Waals surface area contributed by atoms with Crippen LogP contribution < -0.4 is 0 Å². The Balaban J connectivity index is 1.99. The van der Waals surface area contributed by atoms with E-state index in [0.717, 1.165) is 19.0 Å². The van der Waals surface area contributed by atoms with Crippen molar-refractivity contribution in [2.75, 3.05) is 6.54 Å². The summed E-state index contributed by atoms with van der Waals surface area (Å²) in [4.78, 5) is 2.53. The number of hydrogen-bond donors (Lipinski definition) is 0. The van der Waals surface area contributed by atoms with Crippen molar-refractivity contribution in [3.8, 4) is 0 Å². The van der Waals surface area contributed by atoms with Crippen LogP contribution in [0.4, 0.5) is 0 Å². The predicted molar refractivity (Wildman–Crippen MR) is 69.2 cm³/mol. The maximum absolute atomic E-state index is 3.86. The molecular formula is C15H21N. The minimum Gasteiger partial charge on any atom is -0.292 e. The number of benzene rings is 1. The van der Waals surface area contributed by atoms with Gasteiger partial charge >= 0.3 is 0 Å². The highest BCUT2D eigenvalue weighted by Crippen LogP contribution is 2.35. The van der Waals surface area contributed by atoms with Crippen molar-refractivity contribution in [1.29, 1.82) is 0 Å². The Labute approximate surface area is 98.8 Å². The van der Waals surface area contributed by atoms with Gasteiger partial charge in [0.1, 0.15) is 0 Å². The maximum atomic E-state index is 3.86. The lowest BCUT2D eigenvalue weighted by atomic mass is 10.1. The fourth-order valence-electron chi connectivity index (χ4n) is 2.24.